The quantitative estimate of drug-likeness (QED) is 0.886. The van der Waals surface area contributed by atoms with E-state index in [0.29, 0.717) is 18.3 Å². The first-order valence-electron chi connectivity index (χ1n) is 10.1. The molecule has 0 unspecified atom stereocenters. The van der Waals surface area contributed by atoms with Gasteiger partial charge >= 0.3 is 0 Å². The highest BCUT2D eigenvalue weighted by Gasteiger charge is 2.33. The van der Waals surface area contributed by atoms with Gasteiger partial charge in [0.1, 0.15) is 11.5 Å². The van der Waals surface area contributed by atoms with Crippen LogP contribution in [0.15, 0.2) is 0 Å². The van der Waals surface area contributed by atoms with E-state index in [4.69, 9.17) is 4.98 Å². The number of carbonyl (C=O) groups is 1. The minimum Gasteiger partial charge on any atom is -0.350 e. The Hall–Kier alpha value is -1.36. The molecule has 2 fully saturated rings. The average molecular weight is 345 g/mol. The second-order valence-corrected chi connectivity index (χ2v) is 9.06. The fourth-order valence-corrected chi connectivity index (χ4v) is 5.00. The van der Waals surface area contributed by atoms with Crippen LogP contribution >= 0.6 is 0 Å². The minimum atomic E-state index is -0.0145. The number of aromatic nitrogens is 2. The zero-order valence-corrected chi connectivity index (χ0v) is 15.7. The largest absolute Gasteiger partial charge is 0.350 e. The molecular weight excluding hydrogens is 312 g/mol. The van der Waals surface area contributed by atoms with Crippen LogP contribution in [0.2, 0.25) is 0 Å². The van der Waals surface area contributed by atoms with Gasteiger partial charge in [-0.3, -0.25) is 9.69 Å². The van der Waals surface area contributed by atoms with Gasteiger partial charge in [-0.15, -0.1) is 0 Å². The fraction of sp³-hybridized carbons (Fsp3) is 0.800. The second-order valence-electron chi connectivity index (χ2n) is 9.06. The molecule has 5 nitrogen and oxygen atoms in total. The molecule has 0 spiro atoms. The van der Waals surface area contributed by atoms with Crippen LogP contribution in [0.25, 0.3) is 0 Å². The van der Waals surface area contributed by atoms with Crippen LogP contribution in [0.3, 0.4) is 0 Å². The number of aromatic amines is 1. The molecule has 1 saturated heterocycles. The molecule has 25 heavy (non-hydrogen) atoms. The van der Waals surface area contributed by atoms with Crippen molar-refractivity contribution in [1.82, 2.24) is 20.2 Å². The zero-order chi connectivity index (χ0) is 17.4. The van der Waals surface area contributed by atoms with Crippen LogP contribution in [0.1, 0.15) is 80.8 Å². The predicted octanol–water partition coefficient (Wildman–Crippen LogP) is 3.06. The average Bonchev–Trinajstić information content (AvgIpc) is 3.21. The first kappa shape index (κ1) is 17.1. The summed E-state index contributed by atoms with van der Waals surface area (Å²) in [4.78, 5) is 23.4. The van der Waals surface area contributed by atoms with Gasteiger partial charge in [0.15, 0.2) is 0 Å². The Morgan fingerprint density at radius 2 is 1.92 bits per heavy atom. The molecule has 4 rings (SSSR count). The SMILES string of the molecule is CC1(C)CNC(=O)c2nc(C[C@H]3CCCCN3C3CCCC3)[nH]c2C1. The molecule has 0 bridgehead atoms. The number of nitrogens with zero attached hydrogens (tertiary/aromatic N) is 2. The topological polar surface area (TPSA) is 61.0 Å². The molecule has 1 aromatic rings. The molecule has 2 N–H and O–H groups in total. The lowest BCUT2D eigenvalue weighted by atomic mass is 9.88. The smallest absolute Gasteiger partial charge is 0.271 e. The van der Waals surface area contributed by atoms with Crippen LogP contribution in [-0.4, -0.2) is 45.9 Å². The number of piperidine rings is 1. The Morgan fingerprint density at radius 3 is 2.72 bits per heavy atom. The highest BCUT2D eigenvalue weighted by molar-refractivity contribution is 5.93. The highest BCUT2D eigenvalue weighted by atomic mass is 16.1. The van der Waals surface area contributed by atoms with Crippen molar-refractivity contribution < 1.29 is 4.79 Å². The van der Waals surface area contributed by atoms with Crippen molar-refractivity contribution in [3.63, 3.8) is 0 Å². The van der Waals surface area contributed by atoms with Crippen molar-refractivity contribution in [2.24, 2.45) is 5.41 Å². The minimum absolute atomic E-state index is 0.0145. The summed E-state index contributed by atoms with van der Waals surface area (Å²) in [5.41, 5.74) is 1.73. The molecule has 1 atom stereocenters. The van der Waals surface area contributed by atoms with Crippen LogP contribution in [-0.2, 0) is 12.8 Å². The molecule has 3 heterocycles. The Morgan fingerprint density at radius 1 is 1.16 bits per heavy atom. The maximum Gasteiger partial charge on any atom is 0.271 e. The Kier molecular flexibility index (Phi) is 4.61. The molecule has 1 aliphatic carbocycles. The third-order valence-corrected chi connectivity index (χ3v) is 6.32. The summed E-state index contributed by atoms with van der Waals surface area (Å²) in [6, 6.07) is 1.36. The van der Waals surface area contributed by atoms with Gasteiger partial charge in [0.05, 0.1) is 0 Å². The summed E-state index contributed by atoms with van der Waals surface area (Å²) in [6.07, 6.45) is 11.3. The number of rotatable bonds is 3. The van der Waals surface area contributed by atoms with Crippen LogP contribution in [0.4, 0.5) is 0 Å². The Bertz CT molecular complexity index is 630. The zero-order valence-electron chi connectivity index (χ0n) is 15.7. The Labute approximate surface area is 151 Å². The summed E-state index contributed by atoms with van der Waals surface area (Å²) < 4.78 is 0. The molecule has 2 aliphatic heterocycles. The van der Waals surface area contributed by atoms with Gasteiger partial charge in [-0.1, -0.05) is 33.1 Å². The summed E-state index contributed by atoms with van der Waals surface area (Å²) >= 11 is 0. The highest BCUT2D eigenvalue weighted by Crippen LogP contribution is 2.31. The first-order valence-corrected chi connectivity index (χ1v) is 10.1. The number of likely N-dealkylation sites (tertiary alicyclic amines) is 1. The molecule has 138 valence electrons. The van der Waals surface area contributed by atoms with E-state index in [2.05, 4.69) is 29.0 Å². The maximum atomic E-state index is 12.4. The molecule has 1 amide bonds. The van der Waals surface area contributed by atoms with Crippen molar-refractivity contribution in [2.45, 2.75) is 83.7 Å². The van der Waals surface area contributed by atoms with Crippen LogP contribution in [0, 0.1) is 5.41 Å². The lowest BCUT2D eigenvalue weighted by Crippen LogP contribution is -2.46. The van der Waals surface area contributed by atoms with Crippen LogP contribution < -0.4 is 5.32 Å². The first-order chi connectivity index (χ1) is 12.0. The monoisotopic (exact) mass is 344 g/mol. The summed E-state index contributed by atoms with van der Waals surface area (Å²) in [7, 11) is 0. The van der Waals surface area contributed by atoms with E-state index in [1.165, 1.54) is 51.5 Å². The maximum absolute atomic E-state index is 12.4. The predicted molar refractivity (Wildman–Crippen MR) is 98.7 cm³/mol. The second kappa shape index (κ2) is 6.75. The normalized spacial score (nSPS) is 27.8. The van der Waals surface area contributed by atoms with E-state index in [1.54, 1.807) is 0 Å². The van der Waals surface area contributed by atoms with E-state index >= 15 is 0 Å². The fourth-order valence-electron chi connectivity index (χ4n) is 5.00. The lowest BCUT2D eigenvalue weighted by Gasteiger charge is -2.39. The standard InChI is InChI=1S/C20H32N4O/c1-20(2)12-16-18(19(25)21-13-20)23-17(22-16)11-15-9-5-6-10-24(15)14-7-3-4-8-14/h14-15H,3-13H2,1-2H3,(H,21,25)(H,22,23)/t15-/m1/s1. The van der Waals surface area contributed by atoms with E-state index in [0.717, 1.165) is 30.4 Å². The van der Waals surface area contributed by atoms with Gasteiger partial charge in [-0.25, -0.2) is 4.98 Å². The number of carbonyl (C=O) groups excluding carboxylic acids is 1. The van der Waals surface area contributed by atoms with Gasteiger partial charge < -0.3 is 10.3 Å². The van der Waals surface area contributed by atoms with Crippen molar-refractivity contribution in [2.75, 3.05) is 13.1 Å². The van der Waals surface area contributed by atoms with Crippen molar-refractivity contribution in [3.8, 4) is 0 Å². The number of H-pyrrole nitrogens is 1. The van der Waals surface area contributed by atoms with Crippen LogP contribution in [0.5, 0.6) is 0 Å². The van der Waals surface area contributed by atoms with Crippen molar-refractivity contribution >= 4 is 5.91 Å². The number of nitrogens with one attached hydrogen (secondary N) is 2. The number of hydrogen-bond acceptors (Lipinski definition) is 3. The third kappa shape index (κ3) is 3.62. The molecule has 3 aliphatic rings. The molecule has 1 saturated carbocycles. The molecule has 0 radical (unpaired) electrons. The molecule has 0 aromatic carbocycles. The van der Waals surface area contributed by atoms with Gasteiger partial charge in [0, 0.05) is 30.7 Å². The van der Waals surface area contributed by atoms with Crippen molar-refractivity contribution in [1.29, 1.82) is 0 Å². The van der Waals surface area contributed by atoms with E-state index in [9.17, 15) is 4.79 Å². The molecular formula is C20H32N4O. The summed E-state index contributed by atoms with van der Waals surface area (Å²) in [5, 5.41) is 3.03. The number of imidazole rings is 1. The number of fused-ring (bicyclic) bond motifs is 1. The molecule has 5 heteroatoms. The number of hydrogen-bond donors (Lipinski definition) is 2. The lowest BCUT2D eigenvalue weighted by molar-refractivity contribution is 0.0933. The van der Waals surface area contributed by atoms with Gasteiger partial charge in [0.25, 0.3) is 5.91 Å². The molecule has 1 aromatic heterocycles. The van der Waals surface area contributed by atoms with Crippen molar-refractivity contribution in [3.05, 3.63) is 17.2 Å². The van der Waals surface area contributed by atoms with E-state index < -0.39 is 0 Å². The van der Waals surface area contributed by atoms with E-state index in [-0.39, 0.29) is 11.3 Å². The van der Waals surface area contributed by atoms with Gasteiger partial charge in [-0.2, -0.15) is 0 Å². The van der Waals surface area contributed by atoms with E-state index in [1.807, 2.05) is 0 Å². The summed E-state index contributed by atoms with van der Waals surface area (Å²) in [5.74, 6) is 0.993. The van der Waals surface area contributed by atoms with Gasteiger partial charge in [-0.05, 0) is 44.1 Å². The Balaban J connectivity index is 1.52. The number of amides is 1. The van der Waals surface area contributed by atoms with Gasteiger partial charge in [0.2, 0.25) is 0 Å². The third-order valence-electron chi connectivity index (χ3n) is 6.32. The summed E-state index contributed by atoms with van der Waals surface area (Å²) in [6.45, 7) is 6.35.